The zero-order valence-electron chi connectivity index (χ0n) is 16.1. The minimum absolute atomic E-state index is 0.0671. The monoisotopic (exact) mass is 385 g/mol. The predicted molar refractivity (Wildman–Crippen MR) is 101 cm³/mol. The third kappa shape index (κ3) is 5.80. The fourth-order valence-electron chi connectivity index (χ4n) is 2.32. The van der Waals surface area contributed by atoms with Gasteiger partial charge in [0.15, 0.2) is 11.5 Å². The number of nitrogens with one attached hydrogen (secondary N) is 1. The first-order valence-corrected chi connectivity index (χ1v) is 9.25. The molecule has 146 valence electrons. The molecule has 1 aromatic carbocycles. The molecule has 0 fully saturated rings. The minimum atomic E-state index is -0.728. The first-order valence-electron chi connectivity index (χ1n) is 8.87. The van der Waals surface area contributed by atoms with Gasteiger partial charge in [-0.05, 0) is 31.4 Å². The number of amides is 1. The van der Waals surface area contributed by atoms with E-state index in [0.29, 0.717) is 18.1 Å². The third-order valence-electron chi connectivity index (χ3n) is 3.98. The number of carbonyl (C=O) groups excluding carboxylic acids is 2. The summed E-state index contributed by atoms with van der Waals surface area (Å²) in [5, 5.41) is 3.02. The average Bonchev–Trinajstić information content (AvgIpc) is 2.63. The molecule has 0 aliphatic rings. The van der Waals surface area contributed by atoms with Gasteiger partial charge in [-0.15, -0.1) is 0 Å². The van der Waals surface area contributed by atoms with E-state index < -0.39 is 17.9 Å². The largest absolute Gasteiger partial charge is 0.493 e. The molecule has 0 aliphatic heterocycles. The van der Waals surface area contributed by atoms with Gasteiger partial charge in [-0.1, -0.05) is 38.8 Å². The van der Waals surface area contributed by atoms with Crippen LogP contribution in [0.15, 0.2) is 12.1 Å². The Morgan fingerprint density at radius 3 is 2.46 bits per heavy atom. The molecule has 6 nitrogen and oxygen atoms in total. The molecule has 0 heterocycles. The molecule has 2 atom stereocenters. The number of carbonyl (C=O) groups is 2. The van der Waals surface area contributed by atoms with Crippen molar-refractivity contribution in [1.82, 2.24) is 5.32 Å². The Morgan fingerprint density at radius 1 is 1.23 bits per heavy atom. The van der Waals surface area contributed by atoms with Crippen LogP contribution in [0.2, 0.25) is 5.02 Å². The summed E-state index contributed by atoms with van der Waals surface area (Å²) >= 11 is 6.26. The predicted octanol–water partition coefficient (Wildman–Crippen LogP) is 3.85. The summed E-state index contributed by atoms with van der Waals surface area (Å²) in [6, 6.07) is 2.32. The first kappa shape index (κ1) is 22.1. The van der Waals surface area contributed by atoms with Crippen LogP contribution in [0, 0.1) is 5.92 Å². The summed E-state index contributed by atoms with van der Waals surface area (Å²) in [4.78, 5) is 24.8. The highest BCUT2D eigenvalue weighted by Crippen LogP contribution is 2.36. The quantitative estimate of drug-likeness (QED) is 0.619. The Morgan fingerprint density at radius 2 is 1.92 bits per heavy atom. The van der Waals surface area contributed by atoms with E-state index in [-0.39, 0.29) is 23.1 Å². The number of ether oxygens (including phenoxy) is 3. The lowest BCUT2D eigenvalue weighted by atomic mass is 9.98. The molecule has 0 bridgehead atoms. The molecule has 0 saturated heterocycles. The van der Waals surface area contributed by atoms with Crippen LogP contribution in [0.4, 0.5) is 0 Å². The van der Waals surface area contributed by atoms with E-state index in [2.05, 4.69) is 5.32 Å². The van der Waals surface area contributed by atoms with E-state index >= 15 is 0 Å². The highest BCUT2D eigenvalue weighted by atomic mass is 35.5. The Balaban J connectivity index is 3.07. The Kier molecular flexibility index (Phi) is 9.27. The van der Waals surface area contributed by atoms with Crippen LogP contribution in [0.25, 0.3) is 0 Å². The summed E-state index contributed by atoms with van der Waals surface area (Å²) in [7, 11) is 1.48. The molecule has 0 saturated carbocycles. The number of hydrogen-bond donors (Lipinski definition) is 1. The molecule has 0 aromatic heterocycles. The summed E-state index contributed by atoms with van der Waals surface area (Å²) in [5.41, 5.74) is 0.285. The number of rotatable bonds is 10. The lowest BCUT2D eigenvalue weighted by Gasteiger charge is -2.22. The topological polar surface area (TPSA) is 73.9 Å². The van der Waals surface area contributed by atoms with E-state index in [1.165, 1.54) is 13.2 Å². The smallest absolute Gasteiger partial charge is 0.328 e. The molecule has 0 unspecified atom stereocenters. The molecule has 0 radical (unpaired) electrons. The van der Waals surface area contributed by atoms with Gasteiger partial charge in [0.25, 0.3) is 5.91 Å². The second-order valence-corrected chi connectivity index (χ2v) is 6.33. The van der Waals surface area contributed by atoms with Gasteiger partial charge >= 0.3 is 5.97 Å². The molecule has 0 spiro atoms. The van der Waals surface area contributed by atoms with Crippen LogP contribution >= 0.6 is 11.6 Å². The molecule has 1 N–H and O–H groups in total. The van der Waals surface area contributed by atoms with Gasteiger partial charge in [-0.25, -0.2) is 4.79 Å². The van der Waals surface area contributed by atoms with Crippen molar-refractivity contribution < 1.29 is 23.8 Å². The second kappa shape index (κ2) is 10.9. The number of halogens is 1. The molecule has 1 rings (SSSR count). The summed E-state index contributed by atoms with van der Waals surface area (Å²) < 4.78 is 16.0. The van der Waals surface area contributed by atoms with Crippen molar-refractivity contribution in [2.45, 2.75) is 46.6 Å². The maximum Gasteiger partial charge on any atom is 0.328 e. The number of benzene rings is 1. The van der Waals surface area contributed by atoms with E-state index in [9.17, 15) is 9.59 Å². The summed E-state index contributed by atoms with van der Waals surface area (Å²) in [6.45, 7) is 8.28. The van der Waals surface area contributed by atoms with Crippen molar-refractivity contribution >= 4 is 23.5 Å². The Labute approximate surface area is 160 Å². The zero-order chi connectivity index (χ0) is 19.7. The minimum Gasteiger partial charge on any atom is -0.493 e. The van der Waals surface area contributed by atoms with Gasteiger partial charge in [0, 0.05) is 5.56 Å². The van der Waals surface area contributed by atoms with Crippen LogP contribution in [-0.4, -0.2) is 38.2 Å². The van der Waals surface area contributed by atoms with Crippen LogP contribution in [0.1, 0.15) is 50.9 Å². The fraction of sp³-hybridized carbons (Fsp3) is 0.579. The number of methoxy groups -OCH3 is 1. The Bertz CT molecular complexity index is 620. The van der Waals surface area contributed by atoms with Crippen molar-refractivity contribution in [3.05, 3.63) is 22.7 Å². The molecule has 1 amide bonds. The van der Waals surface area contributed by atoms with Gasteiger partial charge < -0.3 is 19.5 Å². The van der Waals surface area contributed by atoms with Crippen LogP contribution in [-0.2, 0) is 9.53 Å². The van der Waals surface area contributed by atoms with E-state index in [1.807, 2.05) is 20.8 Å². The van der Waals surface area contributed by atoms with Gasteiger partial charge in [0.1, 0.15) is 6.04 Å². The average molecular weight is 386 g/mol. The second-order valence-electron chi connectivity index (χ2n) is 5.93. The standard InChI is InChI=1S/C19H28ClNO5/c1-6-9-26-17-14(20)10-13(11-15(17)24-5)18(22)21-16(12(4)7-2)19(23)25-8-3/h10-12,16H,6-9H2,1-5H3,(H,21,22)/t12-,16+/m0/s1. The van der Waals surface area contributed by atoms with Crippen molar-refractivity contribution in [3.8, 4) is 11.5 Å². The van der Waals surface area contributed by atoms with E-state index in [0.717, 1.165) is 12.8 Å². The first-order chi connectivity index (χ1) is 12.4. The van der Waals surface area contributed by atoms with Crippen molar-refractivity contribution in [3.63, 3.8) is 0 Å². The third-order valence-corrected chi connectivity index (χ3v) is 4.26. The molecule has 7 heteroatoms. The highest BCUT2D eigenvalue weighted by molar-refractivity contribution is 6.32. The maximum absolute atomic E-state index is 12.7. The van der Waals surface area contributed by atoms with E-state index in [4.69, 9.17) is 25.8 Å². The van der Waals surface area contributed by atoms with Gasteiger partial charge in [0.05, 0.1) is 25.3 Å². The lowest BCUT2D eigenvalue weighted by Crippen LogP contribution is -2.46. The molecular formula is C19H28ClNO5. The van der Waals surface area contributed by atoms with Crippen molar-refractivity contribution in [1.29, 1.82) is 0 Å². The molecule has 0 aliphatic carbocycles. The van der Waals surface area contributed by atoms with Gasteiger partial charge in [0.2, 0.25) is 0 Å². The zero-order valence-corrected chi connectivity index (χ0v) is 16.8. The highest BCUT2D eigenvalue weighted by Gasteiger charge is 2.28. The van der Waals surface area contributed by atoms with Crippen LogP contribution < -0.4 is 14.8 Å². The van der Waals surface area contributed by atoms with Crippen molar-refractivity contribution in [2.75, 3.05) is 20.3 Å². The van der Waals surface area contributed by atoms with Gasteiger partial charge in [-0.3, -0.25) is 4.79 Å². The van der Waals surface area contributed by atoms with Crippen molar-refractivity contribution in [2.24, 2.45) is 5.92 Å². The van der Waals surface area contributed by atoms with E-state index in [1.54, 1.807) is 13.0 Å². The number of hydrogen-bond acceptors (Lipinski definition) is 5. The SMILES string of the molecule is CCCOc1c(Cl)cc(C(=O)N[C@@H](C(=O)OCC)[C@@H](C)CC)cc1OC. The number of esters is 1. The van der Waals surface area contributed by atoms with Gasteiger partial charge in [-0.2, -0.15) is 0 Å². The fourth-order valence-corrected chi connectivity index (χ4v) is 2.59. The molecule has 26 heavy (non-hydrogen) atoms. The summed E-state index contributed by atoms with van der Waals surface area (Å²) in [5.74, 6) is -0.173. The molecule has 1 aromatic rings. The maximum atomic E-state index is 12.7. The van der Waals surface area contributed by atoms with Crippen LogP contribution in [0.3, 0.4) is 0 Å². The Hall–Kier alpha value is -1.95. The summed E-state index contributed by atoms with van der Waals surface area (Å²) in [6.07, 6.45) is 1.54. The molecular weight excluding hydrogens is 358 g/mol. The lowest BCUT2D eigenvalue weighted by molar-refractivity contribution is -0.146. The van der Waals surface area contributed by atoms with Crippen LogP contribution in [0.5, 0.6) is 11.5 Å². The normalized spacial score (nSPS) is 12.8.